The Hall–Kier alpha value is -2.62. The minimum Gasteiger partial charge on any atom is -0.507 e. The zero-order valence-electron chi connectivity index (χ0n) is 10.2. The first-order valence-electron chi connectivity index (χ1n) is 5.28. The number of hydrogen-bond acceptors (Lipinski definition) is 6. The van der Waals surface area contributed by atoms with Crippen molar-refractivity contribution < 1.29 is 23.4 Å². The van der Waals surface area contributed by atoms with E-state index in [1.54, 1.807) is 6.92 Å². The van der Waals surface area contributed by atoms with E-state index < -0.39 is 27.3 Å². The number of benzene rings is 1. The molecule has 1 aromatic heterocycles. The maximum Gasteiger partial charge on any atom is 0.339 e. The number of nitrogens with zero attached hydrogens (tertiary/aromatic N) is 2. The van der Waals surface area contributed by atoms with E-state index in [0.29, 0.717) is 5.82 Å². The Kier molecular flexibility index (Phi) is 3.32. The molecule has 20 heavy (non-hydrogen) atoms. The predicted molar refractivity (Wildman–Crippen MR) is 67.0 cm³/mol. The van der Waals surface area contributed by atoms with Crippen LogP contribution in [-0.2, 0) is 10.0 Å². The number of aromatic carboxylic acids is 1. The first-order chi connectivity index (χ1) is 9.29. The Bertz CT molecular complexity index is 768. The third-order valence-corrected chi connectivity index (χ3v) is 3.66. The molecule has 0 aliphatic rings. The summed E-state index contributed by atoms with van der Waals surface area (Å²) >= 11 is 0. The monoisotopic (exact) mass is 298 g/mol. The van der Waals surface area contributed by atoms with Gasteiger partial charge in [0.25, 0.3) is 16.0 Å². The quantitative estimate of drug-likeness (QED) is 0.635. The zero-order chi connectivity index (χ0) is 14.9. The van der Waals surface area contributed by atoms with Crippen molar-refractivity contribution in [3.05, 3.63) is 29.6 Å². The fraction of sp³-hybridized carbons (Fsp3) is 0.100. The minimum absolute atomic E-state index is 0.160. The number of aromatic amines is 1. The van der Waals surface area contributed by atoms with Gasteiger partial charge in [-0.05, 0) is 25.1 Å². The number of aromatic nitrogens is 3. The fourth-order valence-electron chi connectivity index (χ4n) is 1.42. The summed E-state index contributed by atoms with van der Waals surface area (Å²) in [7, 11) is -4.04. The number of H-pyrrole nitrogens is 1. The predicted octanol–water partition coefficient (Wildman–Crippen LogP) is 0.318. The SMILES string of the molecule is Cc1nc(NS(=O)(=O)c2ccc(O)c(C(=O)O)c2)n[nH]1. The highest BCUT2D eigenvalue weighted by Gasteiger charge is 2.20. The van der Waals surface area contributed by atoms with Gasteiger partial charge in [-0.15, -0.1) is 5.10 Å². The van der Waals surface area contributed by atoms with Crippen molar-refractivity contribution in [2.24, 2.45) is 0 Å². The van der Waals surface area contributed by atoms with Crippen molar-refractivity contribution in [1.82, 2.24) is 15.2 Å². The van der Waals surface area contributed by atoms with E-state index in [9.17, 15) is 18.3 Å². The van der Waals surface area contributed by atoms with Gasteiger partial charge in [-0.25, -0.2) is 17.9 Å². The molecule has 1 aromatic carbocycles. The van der Waals surface area contributed by atoms with Crippen LogP contribution < -0.4 is 4.72 Å². The summed E-state index contributed by atoms with van der Waals surface area (Å²) in [5, 5.41) is 24.3. The molecular formula is C10H10N4O5S. The summed E-state index contributed by atoms with van der Waals surface area (Å²) in [5.74, 6) is -1.70. The van der Waals surface area contributed by atoms with Crippen LogP contribution in [0.2, 0.25) is 0 Å². The topological polar surface area (TPSA) is 145 Å². The van der Waals surface area contributed by atoms with Crippen LogP contribution in [0, 0.1) is 6.92 Å². The molecule has 0 spiro atoms. The standard InChI is InChI=1S/C10H10N4O5S/c1-5-11-10(13-12-5)14-20(18,19)6-2-3-8(15)7(4-6)9(16)17/h2-4,15H,1H3,(H,16,17)(H2,11,12,13,14). The van der Waals surface area contributed by atoms with Crippen molar-refractivity contribution in [3.8, 4) is 5.75 Å². The van der Waals surface area contributed by atoms with Crippen LogP contribution in [0.5, 0.6) is 5.75 Å². The number of carboxylic acid groups (broad SMARTS) is 1. The van der Waals surface area contributed by atoms with Crippen molar-refractivity contribution in [3.63, 3.8) is 0 Å². The highest BCUT2D eigenvalue weighted by molar-refractivity contribution is 7.92. The van der Waals surface area contributed by atoms with E-state index in [-0.39, 0.29) is 10.8 Å². The normalized spacial score (nSPS) is 11.2. The molecule has 0 saturated heterocycles. The van der Waals surface area contributed by atoms with E-state index in [4.69, 9.17) is 5.11 Å². The summed E-state index contributed by atoms with van der Waals surface area (Å²) in [6.45, 7) is 1.59. The number of aromatic hydroxyl groups is 1. The number of nitrogens with one attached hydrogen (secondary N) is 2. The summed E-state index contributed by atoms with van der Waals surface area (Å²) in [6, 6.07) is 2.91. The maximum atomic E-state index is 12.0. The lowest BCUT2D eigenvalue weighted by Crippen LogP contribution is -2.14. The molecule has 0 aliphatic heterocycles. The fourth-order valence-corrected chi connectivity index (χ4v) is 2.39. The molecule has 0 saturated carbocycles. The number of rotatable bonds is 4. The van der Waals surface area contributed by atoms with Gasteiger partial charge in [-0.2, -0.15) is 4.98 Å². The van der Waals surface area contributed by atoms with Crippen LogP contribution in [0.1, 0.15) is 16.2 Å². The summed E-state index contributed by atoms with van der Waals surface area (Å²) in [4.78, 5) is 14.3. The number of sulfonamides is 1. The maximum absolute atomic E-state index is 12.0. The molecule has 4 N–H and O–H groups in total. The molecule has 0 radical (unpaired) electrons. The number of carbonyl (C=O) groups is 1. The van der Waals surface area contributed by atoms with Crippen LogP contribution in [0.3, 0.4) is 0 Å². The Balaban J connectivity index is 2.39. The van der Waals surface area contributed by atoms with Gasteiger partial charge >= 0.3 is 5.97 Å². The third kappa shape index (κ3) is 2.69. The smallest absolute Gasteiger partial charge is 0.339 e. The summed E-state index contributed by atoms with van der Waals surface area (Å²) in [6.07, 6.45) is 0. The molecule has 0 atom stereocenters. The lowest BCUT2D eigenvalue weighted by Gasteiger charge is -2.06. The number of hydrogen-bond donors (Lipinski definition) is 4. The molecule has 106 valence electrons. The Morgan fingerprint density at radius 3 is 2.65 bits per heavy atom. The Morgan fingerprint density at radius 2 is 2.10 bits per heavy atom. The van der Waals surface area contributed by atoms with Gasteiger partial charge in [0.15, 0.2) is 0 Å². The van der Waals surface area contributed by atoms with E-state index in [1.165, 1.54) is 0 Å². The Morgan fingerprint density at radius 1 is 1.40 bits per heavy atom. The zero-order valence-corrected chi connectivity index (χ0v) is 11.0. The summed E-state index contributed by atoms with van der Waals surface area (Å²) in [5.41, 5.74) is -0.515. The largest absolute Gasteiger partial charge is 0.507 e. The molecule has 2 rings (SSSR count). The third-order valence-electron chi connectivity index (χ3n) is 2.33. The number of aryl methyl sites for hydroxylation is 1. The summed E-state index contributed by atoms with van der Waals surface area (Å²) < 4.78 is 26.1. The van der Waals surface area contributed by atoms with Gasteiger partial charge in [-0.1, -0.05) is 0 Å². The van der Waals surface area contributed by atoms with E-state index in [1.807, 2.05) is 0 Å². The molecule has 9 nitrogen and oxygen atoms in total. The first-order valence-corrected chi connectivity index (χ1v) is 6.76. The lowest BCUT2D eigenvalue weighted by atomic mass is 10.2. The molecule has 0 bridgehead atoms. The molecule has 10 heteroatoms. The van der Waals surface area contributed by atoms with Crippen LogP contribution >= 0.6 is 0 Å². The average Bonchev–Trinajstić information content (AvgIpc) is 2.73. The van der Waals surface area contributed by atoms with Crippen LogP contribution in [0.4, 0.5) is 5.95 Å². The molecule has 2 aromatic rings. The van der Waals surface area contributed by atoms with Crippen molar-refractivity contribution in [1.29, 1.82) is 0 Å². The van der Waals surface area contributed by atoms with Gasteiger partial charge < -0.3 is 10.2 Å². The average molecular weight is 298 g/mol. The highest BCUT2D eigenvalue weighted by Crippen LogP contribution is 2.22. The van der Waals surface area contributed by atoms with Crippen molar-refractivity contribution >= 4 is 21.9 Å². The molecule has 0 aliphatic carbocycles. The Labute approximate surface area is 113 Å². The first kappa shape index (κ1) is 13.8. The van der Waals surface area contributed by atoms with Crippen LogP contribution in [0.25, 0.3) is 0 Å². The van der Waals surface area contributed by atoms with Gasteiger partial charge in [-0.3, -0.25) is 5.10 Å². The molecule has 0 fully saturated rings. The number of carboxylic acids is 1. The van der Waals surface area contributed by atoms with Gasteiger partial charge in [0.1, 0.15) is 17.1 Å². The van der Waals surface area contributed by atoms with Gasteiger partial charge in [0.05, 0.1) is 4.90 Å². The molecular weight excluding hydrogens is 288 g/mol. The second kappa shape index (κ2) is 4.81. The van der Waals surface area contributed by atoms with E-state index in [2.05, 4.69) is 19.9 Å². The lowest BCUT2D eigenvalue weighted by molar-refractivity contribution is 0.0693. The second-order valence-corrected chi connectivity index (χ2v) is 5.52. The van der Waals surface area contributed by atoms with E-state index in [0.717, 1.165) is 18.2 Å². The molecule has 0 amide bonds. The molecule has 1 heterocycles. The van der Waals surface area contributed by atoms with Gasteiger partial charge in [0, 0.05) is 0 Å². The number of anilines is 1. The van der Waals surface area contributed by atoms with Crippen LogP contribution in [-0.4, -0.2) is 39.8 Å². The number of phenols is 1. The van der Waals surface area contributed by atoms with Crippen LogP contribution in [0.15, 0.2) is 23.1 Å². The van der Waals surface area contributed by atoms with E-state index >= 15 is 0 Å². The van der Waals surface area contributed by atoms with Crippen molar-refractivity contribution in [2.45, 2.75) is 11.8 Å². The second-order valence-electron chi connectivity index (χ2n) is 3.83. The van der Waals surface area contributed by atoms with Gasteiger partial charge in [0.2, 0.25) is 0 Å². The van der Waals surface area contributed by atoms with Crippen molar-refractivity contribution in [2.75, 3.05) is 4.72 Å². The minimum atomic E-state index is -4.04. The highest BCUT2D eigenvalue weighted by atomic mass is 32.2. The molecule has 0 unspecified atom stereocenters.